The first-order chi connectivity index (χ1) is 5.84. The third kappa shape index (κ3) is 1.99. The average Bonchev–Trinajstić information content (AvgIpc) is 2.04. The van der Waals surface area contributed by atoms with Gasteiger partial charge in [-0.2, -0.15) is 0 Å². The van der Waals surface area contributed by atoms with E-state index in [0.29, 0.717) is 6.10 Å². The van der Waals surface area contributed by atoms with Crippen LogP contribution in [0.15, 0.2) is 0 Å². The molecule has 1 aliphatic heterocycles. The first kappa shape index (κ1) is 8.52. The molecule has 1 atom stereocenters. The van der Waals surface area contributed by atoms with Gasteiger partial charge >= 0.3 is 0 Å². The van der Waals surface area contributed by atoms with Gasteiger partial charge in [0.25, 0.3) is 0 Å². The van der Waals surface area contributed by atoms with Crippen LogP contribution in [0.4, 0.5) is 0 Å². The second-order valence-electron chi connectivity index (χ2n) is 4.13. The van der Waals surface area contributed by atoms with E-state index in [1.54, 1.807) is 0 Å². The van der Waals surface area contributed by atoms with Crippen molar-refractivity contribution < 1.29 is 9.47 Å². The maximum absolute atomic E-state index is 5.78. The molecule has 0 N–H and O–H groups in total. The Morgan fingerprint density at radius 3 is 2.67 bits per heavy atom. The summed E-state index contributed by atoms with van der Waals surface area (Å²) in [5.41, 5.74) is 0. The maximum atomic E-state index is 5.78. The third-order valence-electron chi connectivity index (χ3n) is 2.81. The largest absolute Gasteiger partial charge is 0.353 e. The molecule has 1 saturated heterocycles. The smallest absolute Gasteiger partial charge is 0.157 e. The lowest BCUT2D eigenvalue weighted by atomic mass is 9.84. The molecule has 2 rings (SSSR count). The molecule has 0 aromatic rings. The quantitative estimate of drug-likeness (QED) is 0.633. The Labute approximate surface area is 74.2 Å². The van der Waals surface area contributed by atoms with Crippen LogP contribution in [-0.2, 0) is 9.47 Å². The predicted molar refractivity (Wildman–Crippen MR) is 46.9 cm³/mol. The molecule has 1 aliphatic carbocycles. The van der Waals surface area contributed by atoms with Crippen LogP contribution in [0.5, 0.6) is 0 Å². The van der Waals surface area contributed by atoms with Crippen LogP contribution < -0.4 is 0 Å². The summed E-state index contributed by atoms with van der Waals surface area (Å²) in [6.45, 7) is 3.18. The zero-order valence-corrected chi connectivity index (χ0v) is 7.79. The molecule has 70 valence electrons. The Kier molecular flexibility index (Phi) is 2.66. The zero-order valence-electron chi connectivity index (χ0n) is 7.79. The number of hydrogen-bond donors (Lipinski definition) is 0. The first-order valence-corrected chi connectivity index (χ1v) is 5.11. The van der Waals surface area contributed by atoms with Gasteiger partial charge in [0.05, 0.1) is 6.10 Å². The fourth-order valence-electron chi connectivity index (χ4n) is 1.97. The van der Waals surface area contributed by atoms with Crippen molar-refractivity contribution in [2.75, 3.05) is 6.61 Å². The molecular formula is C10H18O2. The van der Waals surface area contributed by atoms with E-state index >= 15 is 0 Å². The number of ether oxygens (including phenoxy) is 2. The van der Waals surface area contributed by atoms with Crippen molar-refractivity contribution >= 4 is 0 Å². The molecule has 2 fully saturated rings. The summed E-state index contributed by atoms with van der Waals surface area (Å²) in [4.78, 5) is 0. The van der Waals surface area contributed by atoms with E-state index < -0.39 is 0 Å². The molecule has 1 unspecified atom stereocenters. The molecule has 0 aromatic carbocycles. The summed E-state index contributed by atoms with van der Waals surface area (Å²) < 4.78 is 11.3. The van der Waals surface area contributed by atoms with Crippen LogP contribution in [0.2, 0.25) is 0 Å². The molecule has 12 heavy (non-hydrogen) atoms. The Bertz CT molecular complexity index is 135. The van der Waals surface area contributed by atoms with E-state index in [-0.39, 0.29) is 6.29 Å². The zero-order chi connectivity index (χ0) is 8.39. The summed E-state index contributed by atoms with van der Waals surface area (Å²) in [6.07, 6.45) is 6.68. The van der Waals surface area contributed by atoms with Crippen molar-refractivity contribution in [3.8, 4) is 0 Å². The summed E-state index contributed by atoms with van der Waals surface area (Å²) in [5, 5.41) is 0. The van der Waals surface area contributed by atoms with Crippen LogP contribution in [-0.4, -0.2) is 19.0 Å². The SMILES string of the molecule is CC1CC(OC2CCCCO2)C1. The van der Waals surface area contributed by atoms with Crippen molar-refractivity contribution in [3.63, 3.8) is 0 Å². The van der Waals surface area contributed by atoms with E-state index in [4.69, 9.17) is 9.47 Å². The predicted octanol–water partition coefficient (Wildman–Crippen LogP) is 2.33. The highest BCUT2D eigenvalue weighted by Crippen LogP contribution is 2.31. The van der Waals surface area contributed by atoms with Crippen LogP contribution in [0.3, 0.4) is 0 Å². The minimum atomic E-state index is 0.122. The molecule has 0 aromatic heterocycles. The highest BCUT2D eigenvalue weighted by molar-refractivity contribution is 4.77. The maximum Gasteiger partial charge on any atom is 0.157 e. The standard InChI is InChI=1S/C10H18O2/c1-8-6-9(7-8)12-10-4-2-3-5-11-10/h8-10H,2-7H2,1H3. The van der Waals surface area contributed by atoms with Crippen molar-refractivity contribution in [1.29, 1.82) is 0 Å². The molecule has 0 amide bonds. The van der Waals surface area contributed by atoms with Crippen LogP contribution in [0, 0.1) is 5.92 Å². The summed E-state index contributed by atoms with van der Waals surface area (Å²) in [6, 6.07) is 0. The number of hydrogen-bond acceptors (Lipinski definition) is 2. The van der Waals surface area contributed by atoms with Gasteiger partial charge in [-0.3, -0.25) is 0 Å². The summed E-state index contributed by atoms with van der Waals surface area (Å²) in [7, 11) is 0. The Morgan fingerprint density at radius 1 is 1.25 bits per heavy atom. The fraction of sp³-hybridized carbons (Fsp3) is 1.00. The Morgan fingerprint density at radius 2 is 2.08 bits per heavy atom. The third-order valence-corrected chi connectivity index (χ3v) is 2.81. The molecule has 1 saturated carbocycles. The van der Waals surface area contributed by atoms with Crippen molar-refractivity contribution in [3.05, 3.63) is 0 Å². The van der Waals surface area contributed by atoms with Gasteiger partial charge in [-0.1, -0.05) is 6.92 Å². The highest BCUT2D eigenvalue weighted by atomic mass is 16.7. The van der Waals surface area contributed by atoms with Crippen molar-refractivity contribution in [2.24, 2.45) is 5.92 Å². The lowest BCUT2D eigenvalue weighted by Gasteiger charge is -2.36. The van der Waals surface area contributed by atoms with Crippen LogP contribution in [0.25, 0.3) is 0 Å². The van der Waals surface area contributed by atoms with Crippen molar-refractivity contribution in [2.45, 2.75) is 51.4 Å². The van der Waals surface area contributed by atoms with Crippen molar-refractivity contribution in [1.82, 2.24) is 0 Å². The van der Waals surface area contributed by atoms with Crippen LogP contribution >= 0.6 is 0 Å². The van der Waals surface area contributed by atoms with Gasteiger partial charge in [-0.05, 0) is 38.0 Å². The monoisotopic (exact) mass is 170 g/mol. The van der Waals surface area contributed by atoms with E-state index in [1.807, 2.05) is 0 Å². The molecule has 0 bridgehead atoms. The van der Waals surface area contributed by atoms with E-state index in [9.17, 15) is 0 Å². The fourth-order valence-corrected chi connectivity index (χ4v) is 1.97. The second kappa shape index (κ2) is 3.75. The molecule has 0 radical (unpaired) electrons. The summed E-state index contributed by atoms with van der Waals surface area (Å²) >= 11 is 0. The normalized spacial score (nSPS) is 42.2. The Hall–Kier alpha value is -0.0800. The van der Waals surface area contributed by atoms with E-state index in [1.165, 1.54) is 25.7 Å². The lowest BCUT2D eigenvalue weighted by Crippen LogP contribution is -2.35. The lowest BCUT2D eigenvalue weighted by molar-refractivity contribution is -0.208. The molecular weight excluding hydrogens is 152 g/mol. The van der Waals surface area contributed by atoms with Gasteiger partial charge in [0, 0.05) is 6.61 Å². The number of rotatable bonds is 2. The highest BCUT2D eigenvalue weighted by Gasteiger charge is 2.29. The van der Waals surface area contributed by atoms with Gasteiger partial charge in [0.15, 0.2) is 6.29 Å². The molecule has 0 spiro atoms. The van der Waals surface area contributed by atoms with Gasteiger partial charge < -0.3 is 9.47 Å². The van der Waals surface area contributed by atoms with Gasteiger partial charge in [-0.15, -0.1) is 0 Å². The van der Waals surface area contributed by atoms with Gasteiger partial charge in [0.1, 0.15) is 0 Å². The average molecular weight is 170 g/mol. The summed E-state index contributed by atoms with van der Waals surface area (Å²) in [5.74, 6) is 0.874. The molecule has 2 heteroatoms. The van der Waals surface area contributed by atoms with Gasteiger partial charge in [0.2, 0.25) is 0 Å². The second-order valence-corrected chi connectivity index (χ2v) is 4.13. The molecule has 2 aliphatic rings. The topological polar surface area (TPSA) is 18.5 Å². The van der Waals surface area contributed by atoms with Crippen LogP contribution in [0.1, 0.15) is 39.0 Å². The molecule has 2 nitrogen and oxygen atoms in total. The first-order valence-electron chi connectivity index (χ1n) is 5.11. The molecule has 1 heterocycles. The Balaban J connectivity index is 1.65. The van der Waals surface area contributed by atoms with Gasteiger partial charge in [-0.25, -0.2) is 0 Å². The van der Waals surface area contributed by atoms with E-state index in [0.717, 1.165) is 18.9 Å². The minimum Gasteiger partial charge on any atom is -0.353 e. The minimum absolute atomic E-state index is 0.122. The van der Waals surface area contributed by atoms with E-state index in [2.05, 4.69) is 6.92 Å².